The van der Waals surface area contributed by atoms with E-state index in [1.165, 1.54) is 19.2 Å². The van der Waals surface area contributed by atoms with Crippen LogP contribution >= 0.6 is 11.3 Å². The Hall–Kier alpha value is -3.46. The predicted octanol–water partition coefficient (Wildman–Crippen LogP) is 4.69. The maximum atomic E-state index is 12.7. The third-order valence-electron chi connectivity index (χ3n) is 4.08. The zero-order chi connectivity index (χ0) is 21.0. The first-order valence-corrected chi connectivity index (χ1v) is 9.64. The molecule has 0 fully saturated rings. The van der Waals surface area contributed by atoms with E-state index in [0.29, 0.717) is 12.3 Å². The van der Waals surface area contributed by atoms with Crippen molar-refractivity contribution >= 4 is 28.6 Å². The number of carbonyl (C=O) groups is 1. The fourth-order valence-corrected chi connectivity index (χ4v) is 3.35. The lowest BCUT2D eigenvalue weighted by Crippen LogP contribution is -2.14. The van der Waals surface area contributed by atoms with E-state index < -0.39 is 10.8 Å². The molecular formula is C20H19N3O5S. The standard InChI is InChI=1S/C20H19N3O5S/c1-4-28-19-9-15(17(23(25)26)10-18(19)27-3)20(24)22-14-7-5-13(6-8-14)16-11-29-12(2)21-16/h5-11H,4H2,1-3H3,(H,22,24). The molecule has 0 radical (unpaired) electrons. The molecule has 8 nitrogen and oxygen atoms in total. The molecule has 1 aromatic heterocycles. The van der Waals surface area contributed by atoms with Crippen LogP contribution in [0.4, 0.5) is 11.4 Å². The monoisotopic (exact) mass is 413 g/mol. The Morgan fingerprint density at radius 2 is 1.97 bits per heavy atom. The zero-order valence-electron chi connectivity index (χ0n) is 16.1. The molecule has 0 saturated carbocycles. The van der Waals surface area contributed by atoms with Crippen LogP contribution in [0.25, 0.3) is 11.3 Å². The molecule has 0 aliphatic carbocycles. The van der Waals surface area contributed by atoms with E-state index in [1.54, 1.807) is 30.4 Å². The third-order valence-corrected chi connectivity index (χ3v) is 4.85. The highest BCUT2D eigenvalue weighted by molar-refractivity contribution is 7.09. The Balaban J connectivity index is 1.87. The Morgan fingerprint density at radius 1 is 1.24 bits per heavy atom. The van der Waals surface area contributed by atoms with Gasteiger partial charge < -0.3 is 14.8 Å². The molecule has 0 aliphatic heterocycles. The Bertz CT molecular complexity index is 1050. The van der Waals surface area contributed by atoms with E-state index in [2.05, 4.69) is 10.3 Å². The average molecular weight is 413 g/mol. The van der Waals surface area contributed by atoms with Crippen molar-refractivity contribution in [2.45, 2.75) is 13.8 Å². The lowest BCUT2D eigenvalue weighted by Gasteiger charge is -2.12. The molecular weight excluding hydrogens is 394 g/mol. The number of aromatic nitrogens is 1. The molecule has 29 heavy (non-hydrogen) atoms. The molecule has 3 rings (SSSR count). The number of hydrogen-bond acceptors (Lipinski definition) is 7. The summed E-state index contributed by atoms with van der Waals surface area (Å²) in [6.45, 7) is 4.03. The van der Waals surface area contributed by atoms with Crippen LogP contribution in [0.3, 0.4) is 0 Å². The van der Waals surface area contributed by atoms with Crippen LogP contribution in [-0.2, 0) is 0 Å². The van der Waals surface area contributed by atoms with Gasteiger partial charge in [0, 0.05) is 22.7 Å². The molecule has 1 heterocycles. The number of thiazole rings is 1. The highest BCUT2D eigenvalue weighted by atomic mass is 32.1. The van der Waals surface area contributed by atoms with E-state index in [4.69, 9.17) is 9.47 Å². The van der Waals surface area contributed by atoms with Gasteiger partial charge >= 0.3 is 0 Å². The minimum Gasteiger partial charge on any atom is -0.493 e. The van der Waals surface area contributed by atoms with E-state index in [-0.39, 0.29) is 22.7 Å². The third kappa shape index (κ3) is 4.52. The van der Waals surface area contributed by atoms with Gasteiger partial charge in [0.2, 0.25) is 0 Å². The van der Waals surface area contributed by atoms with Crippen LogP contribution in [-0.4, -0.2) is 29.5 Å². The number of nitrogens with zero attached hydrogens (tertiary/aromatic N) is 2. The number of methoxy groups -OCH3 is 1. The van der Waals surface area contributed by atoms with Gasteiger partial charge in [0.15, 0.2) is 11.5 Å². The van der Waals surface area contributed by atoms with Gasteiger partial charge in [-0.25, -0.2) is 4.98 Å². The molecule has 0 unspecified atom stereocenters. The highest BCUT2D eigenvalue weighted by Crippen LogP contribution is 2.35. The molecule has 0 aliphatic rings. The van der Waals surface area contributed by atoms with Crippen molar-refractivity contribution in [2.75, 3.05) is 19.0 Å². The first kappa shape index (κ1) is 20.3. The molecule has 0 atom stereocenters. The van der Waals surface area contributed by atoms with Crippen molar-refractivity contribution in [3.05, 3.63) is 62.5 Å². The number of benzene rings is 2. The second-order valence-electron chi connectivity index (χ2n) is 5.99. The van der Waals surface area contributed by atoms with Crippen molar-refractivity contribution in [2.24, 2.45) is 0 Å². The summed E-state index contributed by atoms with van der Waals surface area (Å²) in [6, 6.07) is 9.62. The summed E-state index contributed by atoms with van der Waals surface area (Å²) in [7, 11) is 1.38. The van der Waals surface area contributed by atoms with Gasteiger partial charge in [-0.1, -0.05) is 12.1 Å². The topological polar surface area (TPSA) is 104 Å². The van der Waals surface area contributed by atoms with Crippen molar-refractivity contribution in [1.29, 1.82) is 0 Å². The number of hydrogen-bond donors (Lipinski definition) is 1. The summed E-state index contributed by atoms with van der Waals surface area (Å²) in [5.74, 6) is -0.157. The fourth-order valence-electron chi connectivity index (χ4n) is 2.73. The van der Waals surface area contributed by atoms with E-state index >= 15 is 0 Å². The summed E-state index contributed by atoms with van der Waals surface area (Å²) in [5.41, 5.74) is 1.81. The molecule has 2 aromatic carbocycles. The molecule has 1 amide bonds. The second kappa shape index (κ2) is 8.70. The van der Waals surface area contributed by atoms with Crippen molar-refractivity contribution in [3.63, 3.8) is 0 Å². The van der Waals surface area contributed by atoms with Crippen LogP contribution in [0.1, 0.15) is 22.3 Å². The summed E-state index contributed by atoms with van der Waals surface area (Å²) in [4.78, 5) is 28.0. The molecule has 3 aromatic rings. The number of ether oxygens (including phenoxy) is 2. The number of anilines is 1. The van der Waals surface area contributed by atoms with Gasteiger partial charge in [-0.2, -0.15) is 0 Å². The summed E-state index contributed by atoms with van der Waals surface area (Å²) >= 11 is 1.56. The Labute approximate surface area is 171 Å². The van der Waals surface area contributed by atoms with Gasteiger partial charge in [-0.3, -0.25) is 14.9 Å². The first-order chi connectivity index (χ1) is 13.9. The summed E-state index contributed by atoms with van der Waals surface area (Å²) < 4.78 is 10.6. The largest absolute Gasteiger partial charge is 0.493 e. The number of nitrogens with one attached hydrogen (secondary N) is 1. The molecule has 150 valence electrons. The number of rotatable bonds is 7. The minimum absolute atomic E-state index is 0.113. The molecule has 0 bridgehead atoms. The lowest BCUT2D eigenvalue weighted by molar-refractivity contribution is -0.385. The normalized spacial score (nSPS) is 10.4. The molecule has 0 saturated heterocycles. The zero-order valence-corrected chi connectivity index (χ0v) is 16.9. The first-order valence-electron chi connectivity index (χ1n) is 8.76. The number of nitro groups is 1. The maximum Gasteiger partial charge on any atom is 0.286 e. The maximum absolute atomic E-state index is 12.7. The summed E-state index contributed by atoms with van der Waals surface area (Å²) in [6.07, 6.45) is 0. The van der Waals surface area contributed by atoms with E-state index in [9.17, 15) is 14.9 Å². The second-order valence-corrected chi connectivity index (χ2v) is 7.06. The van der Waals surface area contributed by atoms with Crippen molar-refractivity contribution in [1.82, 2.24) is 4.98 Å². The molecule has 1 N–H and O–H groups in total. The van der Waals surface area contributed by atoms with Crippen LogP contribution < -0.4 is 14.8 Å². The van der Waals surface area contributed by atoms with Crippen LogP contribution in [0.5, 0.6) is 11.5 Å². The van der Waals surface area contributed by atoms with Crippen LogP contribution in [0, 0.1) is 17.0 Å². The Kier molecular flexibility index (Phi) is 6.08. The molecule has 9 heteroatoms. The number of carbonyl (C=O) groups excluding carboxylic acids is 1. The predicted molar refractivity (Wildman–Crippen MR) is 111 cm³/mol. The SMILES string of the molecule is CCOc1cc(C(=O)Nc2ccc(-c3csc(C)n3)cc2)c([N+](=O)[O-])cc1OC. The van der Waals surface area contributed by atoms with Crippen LogP contribution in [0.15, 0.2) is 41.8 Å². The highest BCUT2D eigenvalue weighted by Gasteiger charge is 2.25. The minimum atomic E-state index is -0.624. The lowest BCUT2D eigenvalue weighted by atomic mass is 10.1. The summed E-state index contributed by atoms with van der Waals surface area (Å²) in [5, 5.41) is 17.1. The van der Waals surface area contributed by atoms with Gasteiger partial charge in [0.1, 0.15) is 5.56 Å². The van der Waals surface area contributed by atoms with E-state index in [1.807, 2.05) is 24.4 Å². The van der Waals surface area contributed by atoms with Crippen molar-refractivity contribution in [3.8, 4) is 22.8 Å². The van der Waals surface area contributed by atoms with Gasteiger partial charge in [-0.05, 0) is 26.0 Å². The molecule has 0 spiro atoms. The fraction of sp³-hybridized carbons (Fsp3) is 0.200. The number of amides is 1. The van der Waals surface area contributed by atoms with Gasteiger partial charge in [0.25, 0.3) is 11.6 Å². The average Bonchev–Trinajstić information content (AvgIpc) is 3.14. The Morgan fingerprint density at radius 3 is 2.52 bits per heavy atom. The number of aryl methyl sites for hydroxylation is 1. The number of nitro benzene ring substituents is 1. The van der Waals surface area contributed by atoms with Crippen molar-refractivity contribution < 1.29 is 19.2 Å². The van der Waals surface area contributed by atoms with Crippen LogP contribution in [0.2, 0.25) is 0 Å². The quantitative estimate of drug-likeness (QED) is 0.445. The van der Waals surface area contributed by atoms with Gasteiger partial charge in [-0.15, -0.1) is 11.3 Å². The van der Waals surface area contributed by atoms with E-state index in [0.717, 1.165) is 16.3 Å². The van der Waals surface area contributed by atoms with Gasteiger partial charge in [0.05, 0.1) is 35.4 Å². The smallest absolute Gasteiger partial charge is 0.286 e.